The highest BCUT2D eigenvalue weighted by Crippen LogP contribution is 2.34. The number of aliphatic carboxylic acids is 1. The van der Waals surface area contributed by atoms with Crippen LogP contribution in [-0.4, -0.2) is 106 Å². The molecule has 0 fully saturated rings. The Morgan fingerprint density at radius 3 is 1.45 bits per heavy atom. The van der Waals surface area contributed by atoms with Crippen molar-refractivity contribution in [2.24, 2.45) is 5.73 Å². The number of aromatic amines is 1. The van der Waals surface area contributed by atoms with Crippen molar-refractivity contribution in [2.45, 2.75) is 254 Å². The predicted octanol–water partition coefficient (Wildman–Crippen LogP) is 11.2. The van der Waals surface area contributed by atoms with E-state index < -0.39 is 58.9 Å². The number of pyridine rings is 1. The van der Waals surface area contributed by atoms with Crippen molar-refractivity contribution < 1.29 is 69.7 Å². The molecule has 30 heteroatoms. The summed E-state index contributed by atoms with van der Waals surface area (Å²) in [6.07, 6.45) is 10.5. The molecule has 11 rings (SSSR count). The van der Waals surface area contributed by atoms with Gasteiger partial charge in [-0.25, -0.2) is 13.2 Å². The third-order valence-electron chi connectivity index (χ3n) is 17.6. The average molecular weight is 1590 g/mol. The Balaban J connectivity index is 0.000000229. The van der Waals surface area contributed by atoms with Crippen molar-refractivity contribution in [2.75, 3.05) is 4.43 Å². The predicted molar refractivity (Wildman–Crippen MR) is 391 cm³/mol. The molecule has 23 nitrogen and oxygen atoms in total. The molecule has 4 N–H and O–H groups in total. The molecule has 1 amide bonds. The number of carboxylic acid groups (broad SMARTS) is 1. The van der Waals surface area contributed by atoms with Crippen molar-refractivity contribution in [1.29, 1.82) is 0 Å². The zero-order valence-electron chi connectivity index (χ0n) is 61.4. The number of hydrogen-bond acceptors (Lipinski definition) is 13. The number of aldehydes is 1. The van der Waals surface area contributed by atoms with Gasteiger partial charge in [0.25, 0.3) is 28.1 Å². The van der Waals surface area contributed by atoms with Crippen molar-refractivity contribution in [3.63, 3.8) is 0 Å². The van der Waals surface area contributed by atoms with Crippen LogP contribution >= 0.6 is 22.6 Å². The van der Waals surface area contributed by atoms with Gasteiger partial charge in [0.2, 0.25) is 6.29 Å². The first-order valence-electron chi connectivity index (χ1n) is 35.5. The van der Waals surface area contributed by atoms with Gasteiger partial charge in [0.1, 0.15) is 48.3 Å². The van der Waals surface area contributed by atoms with Crippen LogP contribution < -0.4 is 28.0 Å². The second-order valence-electron chi connectivity index (χ2n) is 27.7. The number of carbonyl (C=O) groups is 6. The number of amides is 1. The van der Waals surface area contributed by atoms with Crippen molar-refractivity contribution in [3.05, 3.63) is 175 Å². The van der Waals surface area contributed by atoms with Crippen LogP contribution in [0.2, 0.25) is 0 Å². The van der Waals surface area contributed by atoms with Crippen molar-refractivity contribution in [1.82, 2.24) is 42.9 Å². The molecule has 1 atom stereocenters. The fourth-order valence-corrected chi connectivity index (χ4v) is 13.5. The second kappa shape index (κ2) is 38.4. The van der Waals surface area contributed by atoms with E-state index in [0.29, 0.717) is 54.9 Å². The maximum atomic E-state index is 14.3. The Morgan fingerprint density at radius 2 is 1.02 bits per heavy atom. The van der Waals surface area contributed by atoms with Gasteiger partial charge in [0.05, 0.1) is 17.8 Å². The number of benzene rings is 2. The summed E-state index contributed by atoms with van der Waals surface area (Å²) in [5, 5.41) is 11.6. The molecular weight excluding hydrogens is 1490 g/mol. The van der Waals surface area contributed by atoms with E-state index in [-0.39, 0.29) is 84.5 Å². The number of H-pyrrole nitrogens is 1. The molecule has 0 unspecified atom stereocenters. The number of esters is 2. The standard InChI is InChI=1S/C32H31F3N4O3.C15H24N2O3.C13H20N2O3.C11H16N2O3.C2HF3O.C2H5I/c1-2-38-32(42)26-6-3-4-8-29(26)39(38)18-24(40)15-21(12-19-13-22(33)17-23(34)14-19)30-25(7-5-11-37-30)20-9-10-28(35)27(16-20)31(36)41;1-5-16-14(19)11-8-6-7-9-12(11)17(16)10-13(18)20-15(2,3)4;1-13(2,3)18-11(16)8-15-10-7-5-4-6-9(10)12(17)14-15;1-2-12-11(16)8-5-3-4-6-9(8)13(12)7-10(14)15;3-2(4,5)1-6;1-2-3/h5,7,9-11,13-14,16-17,21H,2-4,6,8,12,15,18H2,1H3,(H2,36,41);5-10H2,1-4H3;4-8H2,1-3H3,(H,14,17);2-7H2,1H3,(H,14,15);1H;2H2,1H3/t21-;;;;;/m1...../s1. The summed E-state index contributed by atoms with van der Waals surface area (Å²) in [5.74, 6) is -5.51. The largest absolute Gasteiger partial charge is 0.480 e. The van der Waals surface area contributed by atoms with Crippen LogP contribution in [0.4, 0.5) is 26.3 Å². The third kappa shape index (κ3) is 23.8. The first-order chi connectivity index (χ1) is 49.5. The first-order valence-corrected chi connectivity index (χ1v) is 37.0. The van der Waals surface area contributed by atoms with Gasteiger partial charge in [-0.05, 0) is 217 Å². The fraction of sp³-hybridized carbons (Fsp3) is 0.533. The Hall–Kier alpha value is -8.84. The third-order valence-corrected chi connectivity index (χ3v) is 17.6. The zero-order valence-corrected chi connectivity index (χ0v) is 63.5. The molecule has 105 heavy (non-hydrogen) atoms. The number of nitrogens with two attached hydrogens (primary N) is 1. The summed E-state index contributed by atoms with van der Waals surface area (Å²) in [4.78, 5) is 122. The Labute approximate surface area is 618 Å². The van der Waals surface area contributed by atoms with Gasteiger partial charge in [0, 0.05) is 94.8 Å². The molecule has 0 bridgehead atoms. The minimum absolute atomic E-state index is 0.00144. The van der Waals surface area contributed by atoms with E-state index in [0.717, 1.165) is 147 Å². The molecule has 4 aliphatic carbocycles. The quantitative estimate of drug-likeness (QED) is 0.0237. The number of fused-ring (bicyclic) bond motifs is 4. The molecule has 5 heterocycles. The monoisotopic (exact) mass is 1590 g/mol. The number of ether oxygens (including phenoxy) is 2. The second-order valence-corrected chi connectivity index (χ2v) is 29.2. The molecule has 2 aromatic carbocycles. The summed E-state index contributed by atoms with van der Waals surface area (Å²) < 4.78 is 97.3. The number of nitrogens with zero attached hydrogens (tertiary/aromatic N) is 8. The highest BCUT2D eigenvalue weighted by Gasteiger charge is 2.31. The minimum Gasteiger partial charge on any atom is -0.480 e. The molecular formula is C75H97F6IN10O13. The number of carboxylic acids is 1. The molecule has 0 saturated carbocycles. The zero-order chi connectivity index (χ0) is 77.8. The summed E-state index contributed by atoms with van der Waals surface area (Å²) in [5.41, 5.74) is 12.9. The van der Waals surface area contributed by atoms with Gasteiger partial charge in [-0.2, -0.15) is 13.2 Å². The number of aromatic nitrogens is 9. The molecule has 0 radical (unpaired) electrons. The Bertz CT molecular complexity index is 4440. The first kappa shape index (κ1) is 85.1. The lowest BCUT2D eigenvalue weighted by molar-refractivity contribution is -0.157. The smallest absolute Gasteiger partial charge is 0.446 e. The topological polar surface area (TPSA) is 299 Å². The maximum absolute atomic E-state index is 14.3. The van der Waals surface area contributed by atoms with Crippen LogP contribution in [0.15, 0.2) is 73.9 Å². The summed E-state index contributed by atoms with van der Waals surface area (Å²) in [6, 6.07) is 10.5. The number of nitrogens with one attached hydrogen (secondary N) is 1. The van der Waals surface area contributed by atoms with Crippen molar-refractivity contribution in [3.8, 4) is 11.1 Å². The van der Waals surface area contributed by atoms with Crippen LogP contribution in [0, 0.1) is 17.5 Å². The summed E-state index contributed by atoms with van der Waals surface area (Å²) in [6.45, 7) is 20.4. The lowest BCUT2D eigenvalue weighted by atomic mass is 9.86. The fourth-order valence-electron chi connectivity index (χ4n) is 13.5. The van der Waals surface area contributed by atoms with Crippen LogP contribution in [0.1, 0.15) is 200 Å². The lowest BCUT2D eigenvalue weighted by Crippen LogP contribution is -2.30. The number of carbonyl (C=O) groups excluding carboxylic acids is 5. The number of ketones is 1. The van der Waals surface area contributed by atoms with E-state index in [1.54, 1.807) is 40.2 Å². The molecule has 0 aliphatic heterocycles. The number of primary amides is 1. The van der Waals surface area contributed by atoms with Crippen molar-refractivity contribution >= 4 is 58.5 Å². The van der Waals surface area contributed by atoms with E-state index >= 15 is 0 Å². The molecule has 4 aliphatic rings. The number of Topliss-reactive ketones (excluding diaryl/α,β-unsaturated/α-hetero) is 1. The van der Waals surface area contributed by atoms with Gasteiger partial charge in [-0.1, -0.05) is 41.6 Å². The SMILES string of the molecule is CC(C)(C)OC(=O)Cn1[nH]c(=O)c2c1CCCC2.CCI.CCn1c(=O)c2c(n1CC(=O)C[C@@H](Cc1cc(F)cc(F)c1)c1ncccc1-c1ccc(F)c(C(N)=O)c1)CCCC2.CCn1c(=O)c2c(n1CC(=O)O)CCCC2.CCn1c(=O)c2c(n1CC(=O)OC(C)(C)C)CCCC2.O=CC(F)(F)F. The van der Waals surface area contributed by atoms with Gasteiger partial charge in [-0.15, -0.1) is 0 Å². The average Bonchev–Trinajstić information content (AvgIpc) is 1.62. The number of alkyl halides is 4. The number of halogens is 7. The van der Waals surface area contributed by atoms with E-state index in [4.69, 9.17) is 25.1 Å². The van der Waals surface area contributed by atoms with E-state index in [1.165, 1.54) is 34.9 Å². The highest BCUT2D eigenvalue weighted by molar-refractivity contribution is 14.1. The Kier molecular flexibility index (Phi) is 31.1. The maximum Gasteiger partial charge on any atom is 0.446 e. The van der Waals surface area contributed by atoms with Crippen LogP contribution in [0.5, 0.6) is 0 Å². The summed E-state index contributed by atoms with van der Waals surface area (Å²) in [7, 11) is 0. The van der Waals surface area contributed by atoms with E-state index in [1.807, 2.05) is 67.0 Å². The molecule has 574 valence electrons. The summed E-state index contributed by atoms with van der Waals surface area (Å²) >= 11 is 2.29. The van der Waals surface area contributed by atoms with E-state index in [9.17, 15) is 69.5 Å². The van der Waals surface area contributed by atoms with Crippen LogP contribution in [0.3, 0.4) is 0 Å². The molecule has 0 saturated heterocycles. The normalized spacial score (nSPS) is 14.0. The van der Waals surface area contributed by atoms with Gasteiger partial charge >= 0.3 is 24.1 Å². The van der Waals surface area contributed by atoms with E-state index in [2.05, 4.69) is 39.6 Å². The molecule has 5 aromatic heterocycles. The molecule has 7 aromatic rings. The van der Waals surface area contributed by atoms with Gasteiger partial charge < -0.3 is 20.3 Å². The van der Waals surface area contributed by atoms with Gasteiger partial charge in [0.15, 0.2) is 5.78 Å². The van der Waals surface area contributed by atoms with Gasteiger partial charge in [-0.3, -0.25) is 90.8 Å². The van der Waals surface area contributed by atoms with Crippen LogP contribution in [0.25, 0.3) is 11.1 Å². The number of hydrogen-bond donors (Lipinski definition) is 3. The minimum atomic E-state index is -4.64. The molecule has 0 spiro atoms. The van der Waals surface area contributed by atoms with Crippen LogP contribution in [-0.2, 0) is 137 Å². The lowest BCUT2D eigenvalue weighted by Gasteiger charge is -2.21. The highest BCUT2D eigenvalue weighted by atomic mass is 127. The number of rotatable bonds is 18. The Morgan fingerprint density at radius 1 is 0.600 bits per heavy atom.